The maximum absolute atomic E-state index is 12.8. The van der Waals surface area contributed by atoms with E-state index in [2.05, 4.69) is 15.5 Å². The molecule has 0 aliphatic heterocycles. The van der Waals surface area contributed by atoms with Gasteiger partial charge in [-0.2, -0.15) is 18.3 Å². The maximum atomic E-state index is 12.8. The van der Waals surface area contributed by atoms with Crippen molar-refractivity contribution in [3.05, 3.63) is 53.3 Å². The molecule has 1 unspecified atom stereocenters. The molecule has 0 aliphatic rings. The SMILES string of the molecule is CC(NCc1ccccc1C(F)(F)F)c1ccn[nH]1. The number of hydrogen-bond donors (Lipinski definition) is 2. The van der Waals surface area contributed by atoms with E-state index in [-0.39, 0.29) is 18.2 Å². The van der Waals surface area contributed by atoms with Gasteiger partial charge in [0, 0.05) is 18.8 Å². The predicted octanol–water partition coefficient (Wildman–Crippen LogP) is 3.28. The number of nitrogens with zero attached hydrogens (tertiary/aromatic N) is 1. The zero-order valence-corrected chi connectivity index (χ0v) is 10.3. The first kappa shape index (κ1) is 13.6. The van der Waals surface area contributed by atoms with E-state index in [9.17, 15) is 13.2 Å². The Labute approximate surface area is 108 Å². The molecule has 1 heterocycles. The highest BCUT2D eigenvalue weighted by Crippen LogP contribution is 2.31. The highest BCUT2D eigenvalue weighted by Gasteiger charge is 2.32. The van der Waals surface area contributed by atoms with Crippen molar-refractivity contribution in [1.29, 1.82) is 0 Å². The Morgan fingerprint density at radius 1 is 1.26 bits per heavy atom. The third-order valence-electron chi connectivity index (χ3n) is 2.91. The number of nitrogens with one attached hydrogen (secondary N) is 2. The van der Waals surface area contributed by atoms with E-state index in [0.717, 1.165) is 11.8 Å². The van der Waals surface area contributed by atoms with E-state index in [0.29, 0.717) is 0 Å². The summed E-state index contributed by atoms with van der Waals surface area (Å²) in [6, 6.07) is 7.27. The number of rotatable bonds is 4. The van der Waals surface area contributed by atoms with Crippen molar-refractivity contribution in [3.63, 3.8) is 0 Å². The van der Waals surface area contributed by atoms with Crippen LogP contribution in [0.25, 0.3) is 0 Å². The van der Waals surface area contributed by atoms with Gasteiger partial charge in [-0.3, -0.25) is 5.10 Å². The fraction of sp³-hybridized carbons (Fsp3) is 0.308. The van der Waals surface area contributed by atoms with Crippen LogP contribution >= 0.6 is 0 Å². The number of benzene rings is 1. The van der Waals surface area contributed by atoms with Crippen LogP contribution in [0.2, 0.25) is 0 Å². The Morgan fingerprint density at radius 2 is 2.00 bits per heavy atom. The molecule has 6 heteroatoms. The van der Waals surface area contributed by atoms with Gasteiger partial charge in [-0.15, -0.1) is 0 Å². The first-order valence-corrected chi connectivity index (χ1v) is 5.86. The predicted molar refractivity (Wildman–Crippen MR) is 65.3 cm³/mol. The number of H-pyrrole nitrogens is 1. The third kappa shape index (κ3) is 3.35. The number of halogens is 3. The standard InChI is InChI=1S/C13H14F3N3/c1-9(12-6-7-18-19-12)17-8-10-4-2-3-5-11(10)13(14,15)16/h2-7,9,17H,8H2,1H3,(H,18,19). The molecule has 2 aromatic rings. The Kier molecular flexibility index (Phi) is 3.90. The summed E-state index contributed by atoms with van der Waals surface area (Å²) >= 11 is 0. The van der Waals surface area contributed by atoms with Crippen LogP contribution < -0.4 is 5.32 Å². The second kappa shape index (κ2) is 5.44. The van der Waals surface area contributed by atoms with E-state index < -0.39 is 11.7 Å². The third-order valence-corrected chi connectivity index (χ3v) is 2.91. The molecule has 2 N–H and O–H groups in total. The van der Waals surface area contributed by atoms with Gasteiger partial charge in [0.1, 0.15) is 0 Å². The first-order valence-electron chi connectivity index (χ1n) is 5.86. The van der Waals surface area contributed by atoms with Gasteiger partial charge in [0.15, 0.2) is 0 Å². The van der Waals surface area contributed by atoms with Gasteiger partial charge in [-0.25, -0.2) is 0 Å². The molecule has 0 saturated carbocycles. The van der Waals surface area contributed by atoms with Crippen molar-refractivity contribution < 1.29 is 13.2 Å². The normalized spacial score (nSPS) is 13.5. The molecule has 1 aromatic heterocycles. The quantitative estimate of drug-likeness (QED) is 0.894. The molecule has 0 bridgehead atoms. The second-order valence-corrected chi connectivity index (χ2v) is 4.27. The summed E-state index contributed by atoms with van der Waals surface area (Å²) in [5.41, 5.74) is 0.477. The molecule has 0 aliphatic carbocycles. The monoisotopic (exact) mass is 269 g/mol. The Balaban J connectivity index is 2.08. The number of aromatic nitrogens is 2. The molecule has 3 nitrogen and oxygen atoms in total. The molecule has 0 radical (unpaired) electrons. The van der Waals surface area contributed by atoms with Crippen molar-refractivity contribution in [2.24, 2.45) is 0 Å². The van der Waals surface area contributed by atoms with Crippen LogP contribution in [0.5, 0.6) is 0 Å². The van der Waals surface area contributed by atoms with Crippen molar-refractivity contribution >= 4 is 0 Å². The van der Waals surface area contributed by atoms with E-state index in [1.165, 1.54) is 12.1 Å². The van der Waals surface area contributed by atoms with E-state index in [4.69, 9.17) is 0 Å². The number of hydrogen-bond acceptors (Lipinski definition) is 2. The number of aromatic amines is 1. The second-order valence-electron chi connectivity index (χ2n) is 4.27. The van der Waals surface area contributed by atoms with Crippen LogP contribution in [0.3, 0.4) is 0 Å². The molecule has 1 atom stereocenters. The Morgan fingerprint density at radius 3 is 2.63 bits per heavy atom. The zero-order chi connectivity index (χ0) is 13.9. The van der Waals surface area contributed by atoms with Gasteiger partial charge in [-0.05, 0) is 24.6 Å². The minimum absolute atomic E-state index is 0.0937. The highest BCUT2D eigenvalue weighted by molar-refractivity contribution is 5.29. The van der Waals surface area contributed by atoms with Crippen molar-refractivity contribution in [2.45, 2.75) is 25.7 Å². The first-order chi connectivity index (χ1) is 8.98. The van der Waals surface area contributed by atoms with Crippen LogP contribution in [0.15, 0.2) is 36.5 Å². The zero-order valence-electron chi connectivity index (χ0n) is 10.3. The topological polar surface area (TPSA) is 40.7 Å². The summed E-state index contributed by atoms with van der Waals surface area (Å²) in [6.07, 6.45) is -2.72. The minimum Gasteiger partial charge on any atom is -0.305 e. The van der Waals surface area contributed by atoms with Gasteiger partial charge < -0.3 is 5.32 Å². The molecular weight excluding hydrogens is 255 g/mol. The van der Waals surface area contributed by atoms with Gasteiger partial charge >= 0.3 is 6.18 Å². The average molecular weight is 269 g/mol. The molecule has 19 heavy (non-hydrogen) atoms. The lowest BCUT2D eigenvalue weighted by Crippen LogP contribution is -2.21. The average Bonchev–Trinajstić information content (AvgIpc) is 2.89. The molecular formula is C13H14F3N3. The molecule has 1 aromatic carbocycles. The number of alkyl halides is 3. The van der Waals surface area contributed by atoms with Gasteiger partial charge in [0.05, 0.1) is 11.3 Å². The van der Waals surface area contributed by atoms with E-state index in [1.54, 1.807) is 18.3 Å². The van der Waals surface area contributed by atoms with Crippen LogP contribution in [-0.2, 0) is 12.7 Å². The summed E-state index contributed by atoms with van der Waals surface area (Å²) in [5, 5.41) is 9.64. The highest BCUT2D eigenvalue weighted by atomic mass is 19.4. The summed E-state index contributed by atoms with van der Waals surface area (Å²) in [6.45, 7) is 2.01. The minimum atomic E-state index is -4.32. The van der Waals surface area contributed by atoms with Crippen LogP contribution in [-0.4, -0.2) is 10.2 Å². The molecule has 0 amide bonds. The molecule has 102 valence electrons. The summed E-state index contributed by atoms with van der Waals surface area (Å²) in [5.74, 6) is 0. The lowest BCUT2D eigenvalue weighted by atomic mass is 10.1. The van der Waals surface area contributed by atoms with Crippen LogP contribution in [0.1, 0.15) is 29.8 Å². The molecule has 0 fully saturated rings. The van der Waals surface area contributed by atoms with E-state index >= 15 is 0 Å². The fourth-order valence-electron chi connectivity index (χ4n) is 1.83. The lowest BCUT2D eigenvalue weighted by molar-refractivity contribution is -0.138. The molecule has 0 saturated heterocycles. The Hall–Kier alpha value is -1.82. The van der Waals surface area contributed by atoms with Gasteiger partial charge in [0.2, 0.25) is 0 Å². The summed E-state index contributed by atoms with van der Waals surface area (Å²) in [7, 11) is 0. The largest absolute Gasteiger partial charge is 0.416 e. The van der Waals surface area contributed by atoms with Crippen molar-refractivity contribution in [2.75, 3.05) is 0 Å². The van der Waals surface area contributed by atoms with Crippen LogP contribution in [0.4, 0.5) is 13.2 Å². The van der Waals surface area contributed by atoms with Gasteiger partial charge in [0.25, 0.3) is 0 Å². The summed E-state index contributed by atoms with van der Waals surface area (Å²) in [4.78, 5) is 0. The lowest BCUT2D eigenvalue weighted by Gasteiger charge is -2.16. The van der Waals surface area contributed by atoms with Crippen LogP contribution in [0, 0.1) is 0 Å². The van der Waals surface area contributed by atoms with Gasteiger partial charge in [-0.1, -0.05) is 18.2 Å². The van der Waals surface area contributed by atoms with Crippen molar-refractivity contribution in [1.82, 2.24) is 15.5 Å². The molecule has 2 rings (SSSR count). The maximum Gasteiger partial charge on any atom is 0.416 e. The fourth-order valence-corrected chi connectivity index (χ4v) is 1.83. The van der Waals surface area contributed by atoms with Crippen molar-refractivity contribution in [3.8, 4) is 0 Å². The summed E-state index contributed by atoms with van der Waals surface area (Å²) < 4.78 is 38.4. The molecule has 0 spiro atoms. The van der Waals surface area contributed by atoms with E-state index in [1.807, 2.05) is 6.92 Å². The smallest absolute Gasteiger partial charge is 0.305 e. The Bertz CT molecular complexity index is 520.